The van der Waals surface area contributed by atoms with E-state index in [9.17, 15) is 4.79 Å². The van der Waals surface area contributed by atoms with Crippen molar-refractivity contribution in [3.8, 4) is 17.0 Å². The Balaban J connectivity index is 1.73. The molecule has 1 amide bonds. The molecule has 0 atom stereocenters. The number of thiazole rings is 1. The van der Waals surface area contributed by atoms with Crippen LogP contribution in [0, 0.1) is 6.92 Å². The van der Waals surface area contributed by atoms with E-state index in [0.29, 0.717) is 22.3 Å². The monoisotopic (exact) mass is 386 g/mol. The van der Waals surface area contributed by atoms with Gasteiger partial charge in [0, 0.05) is 21.0 Å². The number of nitrogens with zero attached hydrogens (tertiary/aromatic N) is 1. The van der Waals surface area contributed by atoms with Crippen molar-refractivity contribution < 1.29 is 9.53 Å². The molecule has 2 aromatic carbocycles. The van der Waals surface area contributed by atoms with Crippen molar-refractivity contribution in [1.29, 1.82) is 0 Å². The molecular formula is C20H19ClN2O2S. The number of carbonyl (C=O) groups excluding carboxylic acids is 1. The molecule has 134 valence electrons. The second kappa shape index (κ2) is 8.34. The second-order valence-electron chi connectivity index (χ2n) is 5.76. The molecule has 1 heterocycles. The van der Waals surface area contributed by atoms with Crippen molar-refractivity contribution >= 4 is 34.0 Å². The van der Waals surface area contributed by atoms with E-state index in [1.807, 2.05) is 31.2 Å². The predicted molar refractivity (Wildman–Crippen MR) is 107 cm³/mol. The largest absolute Gasteiger partial charge is 0.494 e. The van der Waals surface area contributed by atoms with Crippen LogP contribution < -0.4 is 10.1 Å². The third-order valence-corrected chi connectivity index (χ3v) is 4.83. The maximum atomic E-state index is 12.4. The Morgan fingerprint density at radius 2 is 2.00 bits per heavy atom. The Labute approximate surface area is 161 Å². The van der Waals surface area contributed by atoms with Crippen LogP contribution in [0.1, 0.15) is 28.6 Å². The smallest absolute Gasteiger partial charge is 0.257 e. The zero-order valence-electron chi connectivity index (χ0n) is 14.6. The number of amides is 1. The molecule has 0 saturated heterocycles. The number of nitrogens with one attached hydrogen (secondary N) is 1. The van der Waals surface area contributed by atoms with E-state index in [2.05, 4.69) is 17.2 Å². The average Bonchev–Trinajstić information content (AvgIpc) is 3.00. The quantitative estimate of drug-likeness (QED) is 0.581. The molecule has 3 aromatic rings. The van der Waals surface area contributed by atoms with Crippen LogP contribution in [0.3, 0.4) is 0 Å². The molecule has 0 saturated carbocycles. The lowest BCUT2D eigenvalue weighted by atomic mass is 10.1. The number of rotatable bonds is 6. The van der Waals surface area contributed by atoms with Crippen LogP contribution in [0.2, 0.25) is 5.02 Å². The molecule has 0 bridgehead atoms. The maximum absolute atomic E-state index is 12.4. The molecule has 4 nitrogen and oxygen atoms in total. The first-order valence-electron chi connectivity index (χ1n) is 8.34. The Kier molecular flexibility index (Phi) is 5.91. The van der Waals surface area contributed by atoms with Gasteiger partial charge in [0.05, 0.1) is 12.3 Å². The van der Waals surface area contributed by atoms with E-state index in [0.717, 1.165) is 28.3 Å². The van der Waals surface area contributed by atoms with Crippen molar-refractivity contribution in [2.75, 3.05) is 11.9 Å². The summed E-state index contributed by atoms with van der Waals surface area (Å²) in [6.45, 7) is 4.69. The Morgan fingerprint density at radius 1 is 1.23 bits per heavy atom. The van der Waals surface area contributed by atoms with E-state index in [-0.39, 0.29) is 5.91 Å². The van der Waals surface area contributed by atoms with Gasteiger partial charge in [-0.05, 0) is 49.7 Å². The number of anilines is 1. The van der Waals surface area contributed by atoms with Crippen LogP contribution in [0.4, 0.5) is 5.13 Å². The molecule has 0 aliphatic carbocycles. The maximum Gasteiger partial charge on any atom is 0.257 e. The first kappa shape index (κ1) is 18.4. The fraction of sp³-hybridized carbons (Fsp3) is 0.200. The summed E-state index contributed by atoms with van der Waals surface area (Å²) in [5.74, 6) is 0.565. The molecule has 0 spiro atoms. The fourth-order valence-electron chi connectivity index (χ4n) is 2.45. The lowest BCUT2D eigenvalue weighted by molar-refractivity contribution is 0.102. The molecule has 0 fully saturated rings. The molecule has 26 heavy (non-hydrogen) atoms. The van der Waals surface area contributed by atoms with E-state index < -0.39 is 0 Å². The summed E-state index contributed by atoms with van der Waals surface area (Å²) >= 11 is 7.50. The van der Waals surface area contributed by atoms with Crippen molar-refractivity contribution in [2.24, 2.45) is 0 Å². The number of ether oxygens (including phenoxy) is 1. The van der Waals surface area contributed by atoms with Gasteiger partial charge in [-0.15, -0.1) is 11.3 Å². The highest BCUT2D eigenvalue weighted by Gasteiger charge is 2.13. The summed E-state index contributed by atoms with van der Waals surface area (Å²) in [5.41, 5.74) is 2.33. The van der Waals surface area contributed by atoms with Gasteiger partial charge in [0.25, 0.3) is 5.91 Å². The number of aromatic nitrogens is 1. The molecule has 1 aromatic heterocycles. The number of halogens is 1. The normalized spacial score (nSPS) is 10.6. The number of benzene rings is 2. The number of hydrogen-bond acceptors (Lipinski definition) is 4. The molecule has 0 aliphatic rings. The summed E-state index contributed by atoms with van der Waals surface area (Å²) in [7, 11) is 0. The van der Waals surface area contributed by atoms with Gasteiger partial charge in [0.2, 0.25) is 0 Å². The minimum Gasteiger partial charge on any atom is -0.494 e. The molecule has 6 heteroatoms. The van der Waals surface area contributed by atoms with Crippen molar-refractivity contribution in [3.63, 3.8) is 0 Å². The highest BCUT2D eigenvalue weighted by Crippen LogP contribution is 2.31. The zero-order valence-corrected chi connectivity index (χ0v) is 16.2. The average molecular weight is 387 g/mol. The standard InChI is InChI=1S/C20H19ClN2O2S/c1-3-11-25-17-9-7-14(8-10-17)19(24)23-20-22-18(13(2)26-20)15-5-4-6-16(21)12-15/h4-10,12H,3,11H2,1-2H3,(H,22,23,24). The first-order valence-corrected chi connectivity index (χ1v) is 9.54. The Bertz CT molecular complexity index is 906. The first-order chi connectivity index (χ1) is 12.6. The van der Waals surface area contributed by atoms with E-state index in [1.54, 1.807) is 24.3 Å². The van der Waals surface area contributed by atoms with Crippen LogP contribution in [0.25, 0.3) is 11.3 Å². The molecule has 0 aliphatic heterocycles. The summed E-state index contributed by atoms with van der Waals surface area (Å²) in [6.07, 6.45) is 0.945. The molecular weight excluding hydrogens is 368 g/mol. The molecule has 3 rings (SSSR count). The van der Waals surface area contributed by atoms with Gasteiger partial charge in [-0.25, -0.2) is 4.98 Å². The third kappa shape index (κ3) is 4.42. The van der Waals surface area contributed by atoms with Gasteiger partial charge in [-0.1, -0.05) is 30.7 Å². The van der Waals surface area contributed by atoms with Crippen LogP contribution >= 0.6 is 22.9 Å². The lowest BCUT2D eigenvalue weighted by Gasteiger charge is -2.05. The fourth-order valence-corrected chi connectivity index (χ4v) is 3.47. The summed E-state index contributed by atoms with van der Waals surface area (Å²) in [4.78, 5) is 18.0. The summed E-state index contributed by atoms with van der Waals surface area (Å²) < 4.78 is 5.53. The minimum absolute atomic E-state index is 0.196. The van der Waals surface area contributed by atoms with Crippen molar-refractivity contribution in [3.05, 3.63) is 64.0 Å². The van der Waals surface area contributed by atoms with Crippen LogP contribution in [0.15, 0.2) is 48.5 Å². The van der Waals surface area contributed by atoms with Crippen LogP contribution in [-0.4, -0.2) is 17.5 Å². The predicted octanol–water partition coefficient (Wildman–Crippen LogP) is 5.81. The SMILES string of the molecule is CCCOc1ccc(C(=O)Nc2nc(-c3cccc(Cl)c3)c(C)s2)cc1. The topological polar surface area (TPSA) is 51.2 Å². The zero-order chi connectivity index (χ0) is 18.5. The lowest BCUT2D eigenvalue weighted by Crippen LogP contribution is -2.11. The highest BCUT2D eigenvalue weighted by atomic mass is 35.5. The number of aryl methyl sites for hydroxylation is 1. The van der Waals surface area contributed by atoms with E-state index >= 15 is 0 Å². The van der Waals surface area contributed by atoms with E-state index in [1.165, 1.54) is 11.3 Å². The van der Waals surface area contributed by atoms with Crippen LogP contribution in [0.5, 0.6) is 5.75 Å². The van der Waals surface area contributed by atoms with E-state index in [4.69, 9.17) is 16.3 Å². The van der Waals surface area contributed by atoms with Gasteiger partial charge >= 0.3 is 0 Å². The number of carbonyl (C=O) groups is 1. The van der Waals surface area contributed by atoms with Gasteiger partial charge < -0.3 is 4.74 Å². The number of hydrogen-bond donors (Lipinski definition) is 1. The van der Waals surface area contributed by atoms with Gasteiger partial charge in [-0.3, -0.25) is 10.1 Å². The summed E-state index contributed by atoms with van der Waals surface area (Å²) in [6, 6.07) is 14.6. The molecule has 1 N–H and O–H groups in total. The van der Waals surface area contributed by atoms with Crippen LogP contribution in [-0.2, 0) is 0 Å². The van der Waals surface area contributed by atoms with Gasteiger partial charge in [-0.2, -0.15) is 0 Å². The summed E-state index contributed by atoms with van der Waals surface area (Å²) in [5, 5.41) is 4.08. The molecule has 0 radical (unpaired) electrons. The van der Waals surface area contributed by atoms with Gasteiger partial charge in [0.15, 0.2) is 5.13 Å². The highest BCUT2D eigenvalue weighted by molar-refractivity contribution is 7.16. The van der Waals surface area contributed by atoms with Gasteiger partial charge in [0.1, 0.15) is 5.75 Å². The van der Waals surface area contributed by atoms with Crippen molar-refractivity contribution in [2.45, 2.75) is 20.3 Å². The molecule has 0 unspecified atom stereocenters. The Morgan fingerprint density at radius 3 is 2.69 bits per heavy atom. The third-order valence-electron chi connectivity index (χ3n) is 3.70. The minimum atomic E-state index is -0.196. The van der Waals surface area contributed by atoms with Crippen molar-refractivity contribution in [1.82, 2.24) is 4.98 Å². The second-order valence-corrected chi connectivity index (χ2v) is 7.40. The Hall–Kier alpha value is -2.37.